The topological polar surface area (TPSA) is 64.8 Å². The lowest BCUT2D eigenvalue weighted by molar-refractivity contribution is 0.296. The fourth-order valence-electron chi connectivity index (χ4n) is 3.93. The van der Waals surface area contributed by atoms with E-state index in [1.54, 1.807) is 6.26 Å². The number of aromatic amines is 1. The number of benzene rings is 2. The quantitative estimate of drug-likeness (QED) is 0.359. The summed E-state index contributed by atoms with van der Waals surface area (Å²) in [6, 6.07) is 16.3. The zero-order valence-corrected chi connectivity index (χ0v) is 18.6. The summed E-state index contributed by atoms with van der Waals surface area (Å²) in [7, 11) is 0. The van der Waals surface area contributed by atoms with E-state index in [-0.39, 0.29) is 5.88 Å². The van der Waals surface area contributed by atoms with Gasteiger partial charge in [0, 0.05) is 23.0 Å². The van der Waals surface area contributed by atoms with Gasteiger partial charge in [-0.05, 0) is 62.3 Å². The zero-order chi connectivity index (χ0) is 22.0. The number of furan rings is 1. The first-order chi connectivity index (χ1) is 15.0. The van der Waals surface area contributed by atoms with Gasteiger partial charge in [0.25, 0.3) is 0 Å². The van der Waals surface area contributed by atoms with Gasteiger partial charge in [-0.15, -0.1) is 0 Å². The van der Waals surface area contributed by atoms with E-state index in [1.807, 2.05) is 50.2 Å². The molecule has 4 aromatic rings. The van der Waals surface area contributed by atoms with Crippen molar-refractivity contribution < 1.29 is 9.52 Å². The SMILES string of the molecule is CCN(CC)Cc1ccc(N=C(c2ccoc2C)c2c(O)[nH]c3cc(C)ccc23)cc1. The fourth-order valence-corrected chi connectivity index (χ4v) is 3.93. The number of nitrogens with zero attached hydrogens (tertiary/aromatic N) is 2. The summed E-state index contributed by atoms with van der Waals surface area (Å²) in [5.41, 5.74) is 6.35. The molecular formula is C26H29N3O2. The van der Waals surface area contributed by atoms with Crippen molar-refractivity contribution in [2.75, 3.05) is 13.1 Å². The molecule has 5 nitrogen and oxygen atoms in total. The molecule has 0 saturated heterocycles. The van der Waals surface area contributed by atoms with Crippen LogP contribution in [0.3, 0.4) is 0 Å². The number of fused-ring (bicyclic) bond motifs is 1. The Labute approximate surface area is 183 Å². The average molecular weight is 416 g/mol. The Morgan fingerprint density at radius 1 is 1.03 bits per heavy atom. The van der Waals surface area contributed by atoms with Gasteiger partial charge in [0.1, 0.15) is 5.76 Å². The summed E-state index contributed by atoms with van der Waals surface area (Å²) < 4.78 is 5.56. The lowest BCUT2D eigenvalue weighted by Crippen LogP contribution is -2.21. The molecule has 0 fully saturated rings. The van der Waals surface area contributed by atoms with Gasteiger partial charge in [-0.1, -0.05) is 38.1 Å². The molecule has 4 rings (SSSR count). The molecule has 0 saturated carbocycles. The Morgan fingerprint density at radius 3 is 2.42 bits per heavy atom. The molecule has 0 aliphatic carbocycles. The third-order valence-corrected chi connectivity index (χ3v) is 5.76. The van der Waals surface area contributed by atoms with Crippen molar-refractivity contribution in [2.45, 2.75) is 34.2 Å². The van der Waals surface area contributed by atoms with E-state index in [4.69, 9.17) is 9.41 Å². The molecule has 0 radical (unpaired) electrons. The molecular weight excluding hydrogens is 386 g/mol. The lowest BCUT2D eigenvalue weighted by atomic mass is 10.0. The molecule has 2 heterocycles. The van der Waals surface area contributed by atoms with Crippen molar-refractivity contribution in [1.29, 1.82) is 0 Å². The highest BCUT2D eigenvalue weighted by Gasteiger charge is 2.21. The molecule has 2 aromatic heterocycles. The predicted octanol–water partition coefficient (Wildman–Crippen LogP) is 6.09. The lowest BCUT2D eigenvalue weighted by Gasteiger charge is -2.17. The molecule has 0 aliphatic rings. The monoisotopic (exact) mass is 415 g/mol. The van der Waals surface area contributed by atoms with Crippen LogP contribution in [0.2, 0.25) is 0 Å². The third-order valence-electron chi connectivity index (χ3n) is 5.76. The van der Waals surface area contributed by atoms with Gasteiger partial charge in [0.05, 0.1) is 23.2 Å². The van der Waals surface area contributed by atoms with E-state index in [9.17, 15) is 5.11 Å². The summed E-state index contributed by atoms with van der Waals surface area (Å²) in [6.45, 7) is 11.3. The highest BCUT2D eigenvalue weighted by Crippen LogP contribution is 2.33. The second kappa shape index (κ2) is 8.82. The van der Waals surface area contributed by atoms with E-state index in [0.717, 1.165) is 53.1 Å². The number of hydrogen-bond donors (Lipinski definition) is 2. The molecule has 31 heavy (non-hydrogen) atoms. The van der Waals surface area contributed by atoms with Crippen LogP contribution in [0.4, 0.5) is 5.69 Å². The Balaban J connectivity index is 1.80. The van der Waals surface area contributed by atoms with Gasteiger partial charge in [0.15, 0.2) is 5.88 Å². The van der Waals surface area contributed by atoms with Gasteiger partial charge >= 0.3 is 0 Å². The highest BCUT2D eigenvalue weighted by molar-refractivity contribution is 6.22. The molecule has 0 spiro atoms. The molecule has 160 valence electrons. The smallest absolute Gasteiger partial charge is 0.199 e. The molecule has 0 aliphatic heterocycles. The van der Waals surface area contributed by atoms with Crippen molar-refractivity contribution in [3.63, 3.8) is 0 Å². The Kier molecular flexibility index (Phi) is 5.96. The Hall–Kier alpha value is -3.31. The van der Waals surface area contributed by atoms with Gasteiger partial charge in [-0.3, -0.25) is 4.90 Å². The zero-order valence-electron chi connectivity index (χ0n) is 18.6. The number of hydrogen-bond acceptors (Lipinski definition) is 4. The molecule has 0 unspecified atom stereocenters. The third kappa shape index (κ3) is 4.28. The molecule has 0 atom stereocenters. The number of H-pyrrole nitrogens is 1. The van der Waals surface area contributed by atoms with Crippen LogP contribution < -0.4 is 0 Å². The standard InChI is InChI=1S/C26H29N3O2/c1-5-29(6-2)16-19-8-10-20(11-9-19)27-25(21-13-14-31-18(21)4)24-22-12-7-17(3)15-23(22)28-26(24)30/h7-15,28,30H,5-6,16H2,1-4H3. The minimum Gasteiger partial charge on any atom is -0.494 e. The number of aryl methyl sites for hydroxylation is 2. The summed E-state index contributed by atoms with van der Waals surface area (Å²) >= 11 is 0. The van der Waals surface area contributed by atoms with Crippen molar-refractivity contribution in [3.8, 4) is 5.88 Å². The number of aliphatic imine (C=N–C) groups is 1. The van der Waals surface area contributed by atoms with Gasteiger partial charge in [-0.25, -0.2) is 4.99 Å². The van der Waals surface area contributed by atoms with Crippen LogP contribution in [-0.4, -0.2) is 33.8 Å². The summed E-state index contributed by atoms with van der Waals surface area (Å²) in [5.74, 6) is 0.871. The van der Waals surface area contributed by atoms with Crippen molar-refractivity contribution in [2.24, 2.45) is 4.99 Å². The molecule has 0 bridgehead atoms. The Bertz CT molecular complexity index is 1210. The minimum atomic E-state index is 0.109. The van der Waals surface area contributed by atoms with Crippen LogP contribution in [0.5, 0.6) is 5.88 Å². The van der Waals surface area contributed by atoms with E-state index in [1.165, 1.54) is 5.56 Å². The highest BCUT2D eigenvalue weighted by atomic mass is 16.3. The van der Waals surface area contributed by atoms with Crippen LogP contribution in [0.25, 0.3) is 10.9 Å². The second-order valence-electron chi connectivity index (χ2n) is 7.88. The van der Waals surface area contributed by atoms with Gasteiger partial charge in [0.2, 0.25) is 0 Å². The van der Waals surface area contributed by atoms with Crippen molar-refractivity contribution in [1.82, 2.24) is 9.88 Å². The van der Waals surface area contributed by atoms with Crippen LogP contribution >= 0.6 is 0 Å². The first-order valence-electron chi connectivity index (χ1n) is 10.8. The minimum absolute atomic E-state index is 0.109. The van der Waals surface area contributed by atoms with Crippen LogP contribution in [0.1, 0.15) is 41.9 Å². The fraction of sp³-hybridized carbons (Fsp3) is 0.269. The van der Waals surface area contributed by atoms with E-state index < -0.39 is 0 Å². The van der Waals surface area contributed by atoms with Crippen LogP contribution in [0, 0.1) is 13.8 Å². The van der Waals surface area contributed by atoms with Crippen molar-refractivity contribution >= 4 is 22.3 Å². The van der Waals surface area contributed by atoms with Crippen LogP contribution in [0.15, 0.2) is 64.2 Å². The molecule has 2 aromatic carbocycles. The largest absolute Gasteiger partial charge is 0.494 e. The summed E-state index contributed by atoms with van der Waals surface area (Å²) in [6.07, 6.45) is 1.66. The number of aromatic hydroxyl groups is 1. The first kappa shape index (κ1) is 20.9. The Morgan fingerprint density at radius 2 is 1.77 bits per heavy atom. The maximum absolute atomic E-state index is 10.8. The second-order valence-corrected chi connectivity index (χ2v) is 7.88. The molecule has 5 heteroatoms. The van der Waals surface area contributed by atoms with Gasteiger partial charge < -0.3 is 14.5 Å². The summed E-state index contributed by atoms with van der Waals surface area (Å²) in [5, 5.41) is 11.7. The number of nitrogens with one attached hydrogen (secondary N) is 1. The number of aromatic nitrogens is 1. The van der Waals surface area contributed by atoms with E-state index in [2.05, 4.69) is 35.9 Å². The average Bonchev–Trinajstić information content (AvgIpc) is 3.33. The maximum atomic E-state index is 10.8. The molecule has 2 N–H and O–H groups in total. The normalized spacial score (nSPS) is 12.2. The molecule has 0 amide bonds. The first-order valence-corrected chi connectivity index (χ1v) is 10.8. The maximum Gasteiger partial charge on any atom is 0.199 e. The van der Waals surface area contributed by atoms with Crippen LogP contribution in [-0.2, 0) is 6.54 Å². The van der Waals surface area contributed by atoms with Gasteiger partial charge in [-0.2, -0.15) is 0 Å². The predicted molar refractivity (Wildman–Crippen MR) is 127 cm³/mol. The number of rotatable bonds is 7. The van der Waals surface area contributed by atoms with E-state index in [0.29, 0.717) is 11.3 Å². The van der Waals surface area contributed by atoms with E-state index >= 15 is 0 Å². The summed E-state index contributed by atoms with van der Waals surface area (Å²) in [4.78, 5) is 10.4. The van der Waals surface area contributed by atoms with Crippen molar-refractivity contribution in [3.05, 3.63) is 82.8 Å².